The molecule has 0 bridgehead atoms. The Morgan fingerprint density at radius 1 is 1.11 bits per heavy atom. The summed E-state index contributed by atoms with van der Waals surface area (Å²) in [4.78, 5) is 22.4. The lowest BCUT2D eigenvalue weighted by Gasteiger charge is -2.06. The number of hydrogen-bond acceptors (Lipinski definition) is 4. The highest BCUT2D eigenvalue weighted by Crippen LogP contribution is 2.14. The van der Waals surface area contributed by atoms with Crippen LogP contribution in [-0.4, -0.2) is 32.0 Å². The largest absolute Gasteiger partial charge is 0.491 e. The molecule has 1 rings (SSSR count). The molecule has 0 aliphatic carbocycles. The normalized spacial score (nSPS) is 10.2. The van der Waals surface area contributed by atoms with Crippen molar-refractivity contribution in [3.63, 3.8) is 0 Å². The summed E-state index contributed by atoms with van der Waals surface area (Å²) in [7, 11) is 1.61. The van der Waals surface area contributed by atoms with Crippen LogP contribution in [0.1, 0.15) is 29.6 Å². The molecule has 0 aliphatic heterocycles. The zero-order valence-electron chi connectivity index (χ0n) is 11.1. The fraction of sp³-hybridized carbons (Fsp3) is 0.429. The van der Waals surface area contributed by atoms with E-state index in [1.807, 2.05) is 0 Å². The van der Waals surface area contributed by atoms with Gasteiger partial charge in [-0.05, 0) is 30.7 Å². The number of nitrogens with two attached hydrogens (primary N) is 1. The smallest absolute Gasteiger partial charge is 0.217 e. The number of ether oxygens (including phenoxy) is 2. The van der Waals surface area contributed by atoms with E-state index >= 15 is 0 Å². The topological polar surface area (TPSA) is 78.6 Å². The number of carbonyl (C=O) groups excluding carboxylic acids is 2. The van der Waals surface area contributed by atoms with Gasteiger partial charge in [0.05, 0.1) is 6.61 Å². The third kappa shape index (κ3) is 6.01. The van der Waals surface area contributed by atoms with Gasteiger partial charge in [0.15, 0.2) is 5.78 Å². The second kappa shape index (κ2) is 8.26. The van der Waals surface area contributed by atoms with E-state index in [1.54, 1.807) is 31.4 Å². The molecule has 0 unspecified atom stereocenters. The summed E-state index contributed by atoms with van der Waals surface area (Å²) >= 11 is 0. The van der Waals surface area contributed by atoms with Gasteiger partial charge in [-0.1, -0.05) is 0 Å². The predicted molar refractivity (Wildman–Crippen MR) is 71.2 cm³/mol. The quantitative estimate of drug-likeness (QED) is 0.542. The summed E-state index contributed by atoms with van der Waals surface area (Å²) in [5.41, 5.74) is 5.63. The maximum Gasteiger partial charge on any atom is 0.217 e. The second-order valence-electron chi connectivity index (χ2n) is 4.11. The molecule has 0 aliphatic rings. The molecular weight excluding hydrogens is 246 g/mol. The van der Waals surface area contributed by atoms with E-state index in [9.17, 15) is 9.59 Å². The van der Waals surface area contributed by atoms with Crippen molar-refractivity contribution in [3.05, 3.63) is 29.8 Å². The number of carbonyl (C=O) groups is 2. The van der Waals surface area contributed by atoms with E-state index in [1.165, 1.54) is 0 Å². The second-order valence-corrected chi connectivity index (χ2v) is 4.11. The molecule has 1 aromatic rings. The third-order valence-corrected chi connectivity index (χ3v) is 2.56. The lowest BCUT2D eigenvalue weighted by Crippen LogP contribution is -2.11. The molecule has 5 nitrogen and oxygen atoms in total. The number of amides is 1. The summed E-state index contributed by atoms with van der Waals surface area (Å²) in [6, 6.07) is 6.93. The Balaban J connectivity index is 2.41. The number of ketones is 1. The van der Waals surface area contributed by atoms with Gasteiger partial charge in [-0.15, -0.1) is 0 Å². The van der Waals surface area contributed by atoms with Crippen LogP contribution in [-0.2, 0) is 9.53 Å². The standard InChI is InChI=1S/C14H19NO4/c1-18-9-10-19-12-7-5-11(6-8-12)13(16)3-2-4-14(15)17/h5-8H,2-4,9-10H2,1H3,(H2,15,17). The Labute approximate surface area is 112 Å². The summed E-state index contributed by atoms with van der Waals surface area (Å²) in [5.74, 6) is 0.324. The first-order valence-electron chi connectivity index (χ1n) is 6.17. The summed E-state index contributed by atoms with van der Waals surface area (Å²) < 4.78 is 10.3. The van der Waals surface area contributed by atoms with Crippen molar-refractivity contribution in [2.45, 2.75) is 19.3 Å². The molecule has 2 N–H and O–H groups in total. The van der Waals surface area contributed by atoms with Gasteiger partial charge in [0.2, 0.25) is 5.91 Å². The van der Waals surface area contributed by atoms with Crippen molar-refractivity contribution in [3.8, 4) is 5.75 Å². The zero-order chi connectivity index (χ0) is 14.1. The van der Waals surface area contributed by atoms with Crippen LogP contribution in [0.5, 0.6) is 5.75 Å². The van der Waals surface area contributed by atoms with Gasteiger partial charge >= 0.3 is 0 Å². The van der Waals surface area contributed by atoms with Gasteiger partial charge in [0.25, 0.3) is 0 Å². The molecular formula is C14H19NO4. The Hall–Kier alpha value is -1.88. The average molecular weight is 265 g/mol. The van der Waals surface area contributed by atoms with Crippen LogP contribution < -0.4 is 10.5 Å². The Bertz CT molecular complexity index is 414. The molecule has 0 fully saturated rings. The minimum atomic E-state index is -0.380. The van der Waals surface area contributed by atoms with Crippen LogP contribution in [0, 0.1) is 0 Å². The Morgan fingerprint density at radius 2 is 1.79 bits per heavy atom. The maximum atomic E-state index is 11.8. The minimum Gasteiger partial charge on any atom is -0.491 e. The SMILES string of the molecule is COCCOc1ccc(C(=O)CCCC(N)=O)cc1. The van der Waals surface area contributed by atoms with Crippen LogP contribution >= 0.6 is 0 Å². The van der Waals surface area contributed by atoms with Crippen LogP contribution in [0.4, 0.5) is 0 Å². The summed E-state index contributed by atoms with van der Waals surface area (Å²) in [6.45, 7) is 0.996. The third-order valence-electron chi connectivity index (χ3n) is 2.56. The van der Waals surface area contributed by atoms with Crippen molar-refractivity contribution >= 4 is 11.7 Å². The van der Waals surface area contributed by atoms with Gasteiger partial charge in [-0.2, -0.15) is 0 Å². The zero-order valence-corrected chi connectivity index (χ0v) is 11.1. The molecule has 0 aromatic heterocycles. The van der Waals surface area contributed by atoms with Crippen LogP contribution in [0.15, 0.2) is 24.3 Å². The molecule has 5 heteroatoms. The van der Waals surface area contributed by atoms with Crippen LogP contribution in [0.25, 0.3) is 0 Å². The van der Waals surface area contributed by atoms with Gasteiger partial charge in [-0.3, -0.25) is 9.59 Å². The summed E-state index contributed by atoms with van der Waals surface area (Å²) in [5, 5.41) is 0. The molecule has 0 spiro atoms. The molecule has 0 radical (unpaired) electrons. The highest BCUT2D eigenvalue weighted by Gasteiger charge is 2.06. The molecule has 0 heterocycles. The molecule has 19 heavy (non-hydrogen) atoms. The van der Waals surface area contributed by atoms with Gasteiger partial charge < -0.3 is 15.2 Å². The fourth-order valence-electron chi connectivity index (χ4n) is 1.55. The first-order valence-corrected chi connectivity index (χ1v) is 6.17. The number of primary amides is 1. The first kappa shape index (κ1) is 15.2. The van der Waals surface area contributed by atoms with Gasteiger partial charge in [-0.25, -0.2) is 0 Å². The number of hydrogen-bond donors (Lipinski definition) is 1. The van der Waals surface area contributed by atoms with E-state index in [4.69, 9.17) is 15.2 Å². The van der Waals surface area contributed by atoms with Crippen molar-refractivity contribution in [2.75, 3.05) is 20.3 Å². The van der Waals surface area contributed by atoms with Crippen molar-refractivity contribution < 1.29 is 19.1 Å². The van der Waals surface area contributed by atoms with E-state index < -0.39 is 0 Å². The fourth-order valence-corrected chi connectivity index (χ4v) is 1.55. The van der Waals surface area contributed by atoms with Crippen molar-refractivity contribution in [1.82, 2.24) is 0 Å². The molecule has 1 aromatic carbocycles. The highest BCUT2D eigenvalue weighted by molar-refractivity contribution is 5.96. The lowest BCUT2D eigenvalue weighted by molar-refractivity contribution is -0.118. The highest BCUT2D eigenvalue weighted by atomic mass is 16.5. The lowest BCUT2D eigenvalue weighted by atomic mass is 10.1. The molecule has 0 saturated carbocycles. The Kier molecular flexibility index (Phi) is 6.60. The minimum absolute atomic E-state index is 0.00434. The average Bonchev–Trinajstić information content (AvgIpc) is 2.39. The van der Waals surface area contributed by atoms with E-state index in [0.717, 1.165) is 0 Å². The number of methoxy groups -OCH3 is 1. The maximum absolute atomic E-state index is 11.8. The summed E-state index contributed by atoms with van der Waals surface area (Å²) in [6.07, 6.45) is 1.05. The molecule has 104 valence electrons. The first-order chi connectivity index (χ1) is 9.13. The predicted octanol–water partition coefficient (Wildman–Crippen LogP) is 1.55. The van der Waals surface area contributed by atoms with Crippen molar-refractivity contribution in [2.24, 2.45) is 5.73 Å². The van der Waals surface area contributed by atoms with Crippen LogP contribution in [0.3, 0.4) is 0 Å². The number of rotatable bonds is 9. The molecule has 0 saturated heterocycles. The van der Waals surface area contributed by atoms with Gasteiger partial charge in [0.1, 0.15) is 12.4 Å². The molecule has 1 amide bonds. The van der Waals surface area contributed by atoms with E-state index in [0.29, 0.717) is 37.4 Å². The molecule has 0 atom stereocenters. The Morgan fingerprint density at radius 3 is 2.37 bits per heavy atom. The van der Waals surface area contributed by atoms with Gasteiger partial charge in [0, 0.05) is 25.5 Å². The monoisotopic (exact) mass is 265 g/mol. The number of Topliss-reactive ketones (excluding diaryl/α,β-unsaturated/α-hetero) is 1. The van der Waals surface area contributed by atoms with E-state index in [2.05, 4.69) is 0 Å². The number of benzene rings is 1. The van der Waals surface area contributed by atoms with E-state index in [-0.39, 0.29) is 18.1 Å². The van der Waals surface area contributed by atoms with Crippen LogP contribution in [0.2, 0.25) is 0 Å². The van der Waals surface area contributed by atoms with Crippen molar-refractivity contribution in [1.29, 1.82) is 0 Å².